The summed E-state index contributed by atoms with van der Waals surface area (Å²) in [4.78, 5) is 18.5. The number of halogens is 2. The van der Waals surface area contributed by atoms with Gasteiger partial charge in [-0.25, -0.2) is 18.3 Å². The zero-order valence-electron chi connectivity index (χ0n) is 18.2. The molecular formula is C22H28F2N6O. The molecule has 1 amide bonds. The summed E-state index contributed by atoms with van der Waals surface area (Å²) < 4.78 is 29.4. The molecule has 0 radical (unpaired) electrons. The molecular weight excluding hydrogens is 402 g/mol. The molecule has 3 heterocycles. The van der Waals surface area contributed by atoms with Gasteiger partial charge in [0.2, 0.25) is 0 Å². The van der Waals surface area contributed by atoms with E-state index in [2.05, 4.69) is 15.4 Å². The molecule has 1 aromatic carbocycles. The summed E-state index contributed by atoms with van der Waals surface area (Å²) in [7, 11) is 1.54. The van der Waals surface area contributed by atoms with E-state index in [4.69, 9.17) is 5.73 Å². The van der Waals surface area contributed by atoms with Gasteiger partial charge in [0.15, 0.2) is 5.65 Å². The number of benzene rings is 1. The largest absolute Gasteiger partial charge is 0.355 e. The molecule has 0 bridgehead atoms. The van der Waals surface area contributed by atoms with Gasteiger partial charge in [-0.3, -0.25) is 4.79 Å². The molecule has 7 nitrogen and oxygen atoms in total. The number of anilines is 1. The first-order chi connectivity index (χ1) is 14.6. The minimum atomic E-state index is -0.464. The Morgan fingerprint density at radius 3 is 2.65 bits per heavy atom. The van der Waals surface area contributed by atoms with Gasteiger partial charge in [0.25, 0.3) is 5.91 Å². The minimum Gasteiger partial charge on any atom is -0.355 e. The first-order valence-electron chi connectivity index (χ1n) is 10.2. The van der Waals surface area contributed by atoms with Crippen molar-refractivity contribution < 1.29 is 13.6 Å². The number of hydrogen-bond donors (Lipinski definition) is 2. The van der Waals surface area contributed by atoms with Crippen LogP contribution in [0, 0.1) is 11.6 Å². The molecule has 0 unspecified atom stereocenters. The predicted molar refractivity (Wildman–Crippen MR) is 116 cm³/mol. The van der Waals surface area contributed by atoms with Crippen molar-refractivity contribution >= 4 is 17.4 Å². The van der Waals surface area contributed by atoms with Crippen LogP contribution in [0.5, 0.6) is 0 Å². The molecule has 0 saturated carbocycles. The lowest BCUT2D eigenvalue weighted by atomic mass is 10.0. The number of aromatic nitrogens is 3. The van der Waals surface area contributed by atoms with Crippen molar-refractivity contribution in [1.82, 2.24) is 19.9 Å². The maximum atomic E-state index is 14.2. The standard InChI is InChI=1S/C18H17F2N5O.C4H11N/c1-21-18(26)13-10-22-25-8-6-16(23-17(13)25)24-7-2-3-15(24)12-9-11(19)4-5-14(12)20;1-4(2,3)5/h4-6,8-10,15H,2-3,7H2,1H3,(H,21,26);5H2,1-3H3/t15-;/m1./s1. The molecule has 9 heteroatoms. The quantitative estimate of drug-likeness (QED) is 0.664. The average molecular weight is 431 g/mol. The number of nitrogens with two attached hydrogens (primary N) is 1. The van der Waals surface area contributed by atoms with E-state index in [-0.39, 0.29) is 17.5 Å². The number of nitrogens with zero attached hydrogens (tertiary/aromatic N) is 4. The number of nitrogens with one attached hydrogen (secondary N) is 1. The fourth-order valence-corrected chi connectivity index (χ4v) is 3.45. The summed E-state index contributed by atoms with van der Waals surface area (Å²) in [5.74, 6) is -0.567. The van der Waals surface area contributed by atoms with Gasteiger partial charge in [-0.15, -0.1) is 0 Å². The second-order valence-electron chi connectivity index (χ2n) is 8.57. The summed E-state index contributed by atoms with van der Waals surface area (Å²) >= 11 is 0. The molecule has 3 aromatic rings. The average Bonchev–Trinajstić information content (AvgIpc) is 3.34. The van der Waals surface area contributed by atoms with E-state index in [1.165, 1.54) is 16.8 Å². The molecule has 31 heavy (non-hydrogen) atoms. The fourth-order valence-electron chi connectivity index (χ4n) is 3.45. The summed E-state index contributed by atoms with van der Waals surface area (Å²) in [6, 6.07) is 4.98. The Kier molecular flexibility index (Phi) is 6.54. The summed E-state index contributed by atoms with van der Waals surface area (Å²) in [5, 5.41) is 6.68. The Morgan fingerprint density at radius 1 is 1.26 bits per heavy atom. The molecule has 1 aliphatic rings. The topological polar surface area (TPSA) is 88.5 Å². The van der Waals surface area contributed by atoms with Crippen molar-refractivity contribution in [2.75, 3.05) is 18.5 Å². The Balaban J connectivity index is 0.000000491. The summed E-state index contributed by atoms with van der Waals surface area (Å²) in [6.45, 7) is 6.57. The van der Waals surface area contributed by atoms with Crippen molar-refractivity contribution in [3.63, 3.8) is 0 Å². The van der Waals surface area contributed by atoms with Crippen LogP contribution in [0.25, 0.3) is 5.65 Å². The third-order valence-corrected chi connectivity index (χ3v) is 4.69. The van der Waals surface area contributed by atoms with Gasteiger partial charge < -0.3 is 16.0 Å². The third-order valence-electron chi connectivity index (χ3n) is 4.69. The van der Waals surface area contributed by atoms with Crippen molar-refractivity contribution in [2.24, 2.45) is 5.73 Å². The van der Waals surface area contributed by atoms with Crippen molar-refractivity contribution in [2.45, 2.75) is 45.2 Å². The Morgan fingerprint density at radius 2 is 1.97 bits per heavy atom. The van der Waals surface area contributed by atoms with Gasteiger partial charge >= 0.3 is 0 Å². The van der Waals surface area contributed by atoms with Crippen molar-refractivity contribution in [3.05, 3.63) is 59.4 Å². The maximum absolute atomic E-state index is 14.2. The second kappa shape index (κ2) is 8.97. The zero-order valence-corrected chi connectivity index (χ0v) is 18.2. The number of hydrogen-bond acceptors (Lipinski definition) is 5. The van der Waals surface area contributed by atoms with Crippen molar-refractivity contribution in [3.8, 4) is 0 Å². The van der Waals surface area contributed by atoms with Crippen LogP contribution in [-0.2, 0) is 0 Å². The maximum Gasteiger partial charge on any atom is 0.256 e. The number of rotatable bonds is 3. The number of carbonyl (C=O) groups is 1. The fraction of sp³-hybridized carbons (Fsp3) is 0.409. The van der Waals surface area contributed by atoms with Crippen LogP contribution in [0.2, 0.25) is 0 Å². The highest BCUT2D eigenvalue weighted by atomic mass is 19.1. The highest BCUT2D eigenvalue weighted by Gasteiger charge is 2.30. The molecule has 1 fully saturated rings. The minimum absolute atomic E-state index is 0. The summed E-state index contributed by atoms with van der Waals surface area (Å²) in [5.41, 5.74) is 6.46. The summed E-state index contributed by atoms with van der Waals surface area (Å²) in [6.07, 6.45) is 4.71. The van der Waals surface area contributed by atoms with E-state index in [1.54, 1.807) is 19.3 Å². The first kappa shape index (κ1) is 22.6. The molecule has 1 atom stereocenters. The van der Waals surface area contributed by atoms with Crippen LogP contribution in [0.1, 0.15) is 55.6 Å². The highest BCUT2D eigenvalue weighted by molar-refractivity contribution is 5.99. The predicted octanol–water partition coefficient (Wildman–Crippen LogP) is 3.45. The molecule has 1 saturated heterocycles. The van der Waals surface area contributed by atoms with Gasteiger partial charge in [-0.1, -0.05) is 0 Å². The van der Waals surface area contributed by atoms with Crippen LogP contribution < -0.4 is 16.0 Å². The van der Waals surface area contributed by atoms with E-state index in [0.29, 0.717) is 35.6 Å². The van der Waals surface area contributed by atoms with E-state index in [9.17, 15) is 13.6 Å². The Bertz CT molecular complexity index is 1070. The molecule has 4 rings (SSSR count). The van der Waals surface area contributed by atoms with E-state index in [0.717, 1.165) is 18.6 Å². The van der Waals surface area contributed by atoms with E-state index >= 15 is 0 Å². The molecule has 1 aliphatic heterocycles. The van der Waals surface area contributed by atoms with Gasteiger partial charge in [0.1, 0.15) is 23.0 Å². The zero-order chi connectivity index (χ0) is 22.8. The second-order valence-corrected chi connectivity index (χ2v) is 8.57. The SMILES string of the molecule is CC(C)(C)N.CNC(=O)c1cnn2ccc(N3CCC[C@@H]3c3cc(F)ccc3F)nc12. The van der Waals surface area contributed by atoms with Gasteiger partial charge in [0.05, 0.1) is 12.2 Å². The lowest BCUT2D eigenvalue weighted by Gasteiger charge is -2.26. The molecule has 0 aliphatic carbocycles. The van der Waals surface area contributed by atoms with Gasteiger partial charge in [-0.2, -0.15) is 5.10 Å². The number of fused-ring (bicyclic) bond motifs is 1. The monoisotopic (exact) mass is 430 g/mol. The van der Waals surface area contributed by atoms with Crippen LogP contribution in [-0.4, -0.2) is 39.6 Å². The lowest BCUT2D eigenvalue weighted by Crippen LogP contribution is -2.26. The van der Waals surface area contributed by atoms with Gasteiger partial charge in [0, 0.05) is 30.9 Å². The normalized spacial score (nSPS) is 16.2. The number of carbonyl (C=O) groups excluding carboxylic acids is 1. The Hall–Kier alpha value is -3.07. The van der Waals surface area contributed by atoms with Crippen LogP contribution in [0.15, 0.2) is 36.7 Å². The van der Waals surface area contributed by atoms with Crippen molar-refractivity contribution in [1.29, 1.82) is 0 Å². The Labute approximate surface area is 180 Å². The smallest absolute Gasteiger partial charge is 0.256 e. The van der Waals surface area contributed by atoms with Crippen LogP contribution in [0.3, 0.4) is 0 Å². The molecule has 2 aromatic heterocycles. The molecule has 3 N–H and O–H groups in total. The number of amides is 1. The van der Waals surface area contributed by atoms with Crippen LogP contribution in [0.4, 0.5) is 14.6 Å². The van der Waals surface area contributed by atoms with Gasteiger partial charge in [-0.05, 0) is 57.9 Å². The van der Waals surface area contributed by atoms with E-state index in [1.807, 2.05) is 25.7 Å². The third kappa shape index (κ3) is 5.35. The first-order valence-corrected chi connectivity index (χ1v) is 10.2. The lowest BCUT2D eigenvalue weighted by molar-refractivity contribution is 0.0964. The molecule has 0 spiro atoms. The molecule has 166 valence electrons. The van der Waals surface area contributed by atoms with E-state index < -0.39 is 11.6 Å². The van der Waals surface area contributed by atoms with Crippen LogP contribution >= 0.6 is 0 Å². The highest BCUT2D eigenvalue weighted by Crippen LogP contribution is 2.36.